The third kappa shape index (κ3) is 3.69. The molecule has 2 fully saturated rings. The Morgan fingerprint density at radius 2 is 2.15 bits per heavy atom. The summed E-state index contributed by atoms with van der Waals surface area (Å²) in [5.41, 5.74) is 6.97. The molecule has 0 aliphatic carbocycles. The highest BCUT2D eigenvalue weighted by molar-refractivity contribution is 5.31. The lowest BCUT2D eigenvalue weighted by Crippen LogP contribution is -2.38. The number of rotatable bonds is 4. The highest BCUT2D eigenvalue weighted by Crippen LogP contribution is 2.19. The van der Waals surface area contributed by atoms with Crippen LogP contribution >= 0.6 is 0 Å². The number of ether oxygens (including phenoxy) is 1. The number of nitrogens with one attached hydrogen (secondary N) is 1. The number of pyridine rings is 1. The predicted octanol–water partition coefficient (Wildman–Crippen LogP) is 1.01. The minimum atomic E-state index is 0.437. The maximum absolute atomic E-state index is 6.15. The first-order valence-electron chi connectivity index (χ1n) is 7.58. The highest BCUT2D eigenvalue weighted by atomic mass is 16.5. The van der Waals surface area contributed by atoms with Gasteiger partial charge in [-0.3, -0.25) is 4.90 Å². The van der Waals surface area contributed by atoms with Crippen LogP contribution < -0.4 is 11.1 Å². The molecule has 110 valence electrons. The summed E-state index contributed by atoms with van der Waals surface area (Å²) < 4.78 is 6.15. The maximum Gasteiger partial charge on any atom is 0.123 e. The minimum absolute atomic E-state index is 0.437. The van der Waals surface area contributed by atoms with Crippen LogP contribution in [0, 0.1) is 0 Å². The van der Waals surface area contributed by atoms with Crippen LogP contribution in [0.2, 0.25) is 0 Å². The largest absolute Gasteiger partial charge is 0.384 e. The van der Waals surface area contributed by atoms with Crippen molar-refractivity contribution in [1.29, 1.82) is 0 Å². The minimum Gasteiger partial charge on any atom is -0.384 e. The van der Waals surface area contributed by atoms with Crippen LogP contribution in [0.15, 0.2) is 18.3 Å². The van der Waals surface area contributed by atoms with Crippen LogP contribution in [-0.2, 0) is 11.3 Å². The summed E-state index contributed by atoms with van der Waals surface area (Å²) in [7, 11) is 0. The first kappa shape index (κ1) is 13.8. The molecule has 2 saturated heterocycles. The quantitative estimate of drug-likeness (QED) is 0.859. The maximum atomic E-state index is 6.15. The van der Waals surface area contributed by atoms with E-state index in [9.17, 15) is 0 Å². The van der Waals surface area contributed by atoms with Crippen LogP contribution in [-0.4, -0.2) is 48.3 Å². The first-order valence-corrected chi connectivity index (χ1v) is 7.58. The molecule has 0 spiro atoms. The second-order valence-corrected chi connectivity index (χ2v) is 5.82. The highest BCUT2D eigenvalue weighted by Gasteiger charge is 2.24. The van der Waals surface area contributed by atoms with Gasteiger partial charge in [0.1, 0.15) is 5.82 Å². The fourth-order valence-corrected chi connectivity index (χ4v) is 3.07. The van der Waals surface area contributed by atoms with Crippen LogP contribution in [0.4, 0.5) is 5.82 Å². The molecule has 1 atom stereocenters. The number of anilines is 1. The van der Waals surface area contributed by atoms with Gasteiger partial charge < -0.3 is 15.8 Å². The Hall–Kier alpha value is -1.17. The number of aromatic nitrogens is 1. The third-order valence-corrected chi connectivity index (χ3v) is 4.19. The van der Waals surface area contributed by atoms with Gasteiger partial charge in [0, 0.05) is 32.4 Å². The molecule has 0 saturated carbocycles. The summed E-state index contributed by atoms with van der Waals surface area (Å²) in [6.45, 7) is 5.30. The lowest BCUT2D eigenvalue weighted by molar-refractivity contribution is -0.0346. The molecule has 0 unspecified atom stereocenters. The van der Waals surface area contributed by atoms with Crippen LogP contribution in [0.25, 0.3) is 0 Å². The Bertz CT molecular complexity index is 426. The molecule has 1 aromatic heterocycles. The van der Waals surface area contributed by atoms with E-state index >= 15 is 0 Å². The molecule has 0 radical (unpaired) electrons. The number of nitrogens with two attached hydrogens (primary N) is 1. The number of hydrogen-bond donors (Lipinski definition) is 2. The summed E-state index contributed by atoms with van der Waals surface area (Å²) in [5.74, 6) is 0.606. The van der Waals surface area contributed by atoms with E-state index in [-0.39, 0.29) is 0 Å². The van der Waals surface area contributed by atoms with Crippen molar-refractivity contribution in [2.24, 2.45) is 0 Å². The normalized spacial score (nSPS) is 25.1. The zero-order valence-corrected chi connectivity index (χ0v) is 11.9. The molecule has 3 heterocycles. The van der Waals surface area contributed by atoms with Gasteiger partial charge in [-0.25, -0.2) is 4.98 Å². The summed E-state index contributed by atoms with van der Waals surface area (Å²) in [4.78, 5) is 6.51. The van der Waals surface area contributed by atoms with Gasteiger partial charge in [-0.2, -0.15) is 0 Å². The SMILES string of the molecule is Nc1cc(CN2CCC(O[C@H]3CCNC3)CC2)ccn1. The summed E-state index contributed by atoms with van der Waals surface area (Å²) in [6, 6.07) is 4.01. The van der Waals surface area contributed by atoms with Gasteiger partial charge in [0.05, 0.1) is 12.2 Å². The molecule has 1 aromatic rings. The topological polar surface area (TPSA) is 63.4 Å². The van der Waals surface area contributed by atoms with Crippen LogP contribution in [0.1, 0.15) is 24.8 Å². The molecule has 2 aliphatic heterocycles. The molecule has 20 heavy (non-hydrogen) atoms. The van der Waals surface area contributed by atoms with E-state index in [1.54, 1.807) is 6.20 Å². The summed E-state index contributed by atoms with van der Waals surface area (Å²) in [5, 5.41) is 3.36. The Labute approximate surface area is 120 Å². The standard InChI is InChI=1S/C15H24N4O/c16-15-9-12(1-6-18-15)11-19-7-3-13(4-8-19)20-14-2-5-17-10-14/h1,6,9,13-14,17H,2-5,7-8,10-11H2,(H2,16,18)/t14-/m0/s1. The number of hydrogen-bond acceptors (Lipinski definition) is 5. The van der Waals surface area contributed by atoms with Gasteiger partial charge in [-0.1, -0.05) is 0 Å². The number of nitrogen functional groups attached to an aromatic ring is 1. The average Bonchev–Trinajstić information content (AvgIpc) is 2.94. The smallest absolute Gasteiger partial charge is 0.123 e. The monoisotopic (exact) mass is 276 g/mol. The zero-order chi connectivity index (χ0) is 13.8. The lowest BCUT2D eigenvalue weighted by Gasteiger charge is -2.33. The van der Waals surface area contributed by atoms with E-state index in [1.807, 2.05) is 12.1 Å². The van der Waals surface area contributed by atoms with Crippen molar-refractivity contribution in [3.05, 3.63) is 23.9 Å². The molecule has 5 nitrogen and oxygen atoms in total. The van der Waals surface area contributed by atoms with Crippen molar-refractivity contribution in [3.8, 4) is 0 Å². The second-order valence-electron chi connectivity index (χ2n) is 5.82. The van der Waals surface area contributed by atoms with E-state index in [0.717, 1.165) is 52.0 Å². The average molecular weight is 276 g/mol. The molecular formula is C15H24N4O. The van der Waals surface area contributed by atoms with E-state index < -0.39 is 0 Å². The lowest BCUT2D eigenvalue weighted by atomic mass is 10.1. The van der Waals surface area contributed by atoms with Gasteiger partial charge in [0.2, 0.25) is 0 Å². The predicted molar refractivity (Wildman–Crippen MR) is 79.3 cm³/mol. The van der Waals surface area contributed by atoms with Gasteiger partial charge in [0.15, 0.2) is 0 Å². The molecular weight excluding hydrogens is 252 g/mol. The van der Waals surface area contributed by atoms with Crippen molar-refractivity contribution in [2.45, 2.75) is 38.0 Å². The van der Waals surface area contributed by atoms with Gasteiger partial charge in [-0.15, -0.1) is 0 Å². The van der Waals surface area contributed by atoms with Crippen LogP contribution in [0.3, 0.4) is 0 Å². The van der Waals surface area contributed by atoms with Crippen molar-refractivity contribution in [3.63, 3.8) is 0 Å². The Kier molecular flexibility index (Phi) is 4.50. The number of piperidine rings is 1. The van der Waals surface area contributed by atoms with E-state index in [4.69, 9.17) is 10.5 Å². The molecule has 3 rings (SSSR count). The second kappa shape index (κ2) is 6.52. The van der Waals surface area contributed by atoms with Gasteiger partial charge >= 0.3 is 0 Å². The van der Waals surface area contributed by atoms with Crippen molar-refractivity contribution in [1.82, 2.24) is 15.2 Å². The summed E-state index contributed by atoms with van der Waals surface area (Å²) >= 11 is 0. The molecule has 0 amide bonds. The Balaban J connectivity index is 1.43. The van der Waals surface area contributed by atoms with Crippen molar-refractivity contribution >= 4 is 5.82 Å². The zero-order valence-electron chi connectivity index (χ0n) is 11.9. The van der Waals surface area contributed by atoms with Gasteiger partial charge in [-0.05, 0) is 43.5 Å². The molecule has 3 N–H and O–H groups in total. The van der Waals surface area contributed by atoms with Gasteiger partial charge in [0.25, 0.3) is 0 Å². The fraction of sp³-hybridized carbons (Fsp3) is 0.667. The molecule has 2 aliphatic rings. The molecule has 0 bridgehead atoms. The Morgan fingerprint density at radius 3 is 2.85 bits per heavy atom. The number of nitrogens with zero attached hydrogens (tertiary/aromatic N) is 2. The molecule has 0 aromatic carbocycles. The fourth-order valence-electron chi connectivity index (χ4n) is 3.07. The van der Waals surface area contributed by atoms with E-state index in [1.165, 1.54) is 5.56 Å². The van der Waals surface area contributed by atoms with Crippen molar-refractivity contribution < 1.29 is 4.74 Å². The van der Waals surface area contributed by atoms with E-state index in [0.29, 0.717) is 18.0 Å². The van der Waals surface area contributed by atoms with Crippen LogP contribution in [0.5, 0.6) is 0 Å². The third-order valence-electron chi connectivity index (χ3n) is 4.19. The summed E-state index contributed by atoms with van der Waals surface area (Å²) in [6.07, 6.45) is 6.10. The first-order chi connectivity index (χ1) is 9.79. The number of likely N-dealkylation sites (tertiary alicyclic amines) is 1. The van der Waals surface area contributed by atoms with E-state index in [2.05, 4.69) is 15.2 Å². The van der Waals surface area contributed by atoms with Crippen molar-refractivity contribution in [2.75, 3.05) is 31.9 Å². The molecule has 5 heteroatoms. The Morgan fingerprint density at radius 1 is 1.30 bits per heavy atom.